The van der Waals surface area contributed by atoms with Gasteiger partial charge in [-0.1, -0.05) is 32.0 Å². The molecule has 1 fully saturated rings. The van der Waals surface area contributed by atoms with Gasteiger partial charge in [-0.25, -0.2) is 4.98 Å². The van der Waals surface area contributed by atoms with Crippen LogP contribution in [0.1, 0.15) is 61.0 Å². The van der Waals surface area contributed by atoms with Crippen LogP contribution in [0.25, 0.3) is 44.1 Å². The van der Waals surface area contributed by atoms with Crippen LogP contribution in [0.15, 0.2) is 52.9 Å². The van der Waals surface area contributed by atoms with Gasteiger partial charge < -0.3 is 4.42 Å². The number of furan rings is 1. The first-order valence-electron chi connectivity index (χ1n) is 11.2. The van der Waals surface area contributed by atoms with Crippen LogP contribution >= 0.6 is 0 Å². The van der Waals surface area contributed by atoms with Crippen molar-refractivity contribution in [2.24, 2.45) is 0 Å². The van der Waals surface area contributed by atoms with Gasteiger partial charge in [0.15, 0.2) is 0 Å². The molecule has 1 saturated carbocycles. The fraction of sp³-hybridized carbons (Fsp3) is 0.286. The summed E-state index contributed by atoms with van der Waals surface area (Å²) >= 11 is 0. The predicted octanol–water partition coefficient (Wildman–Crippen LogP) is 7.81. The Balaban J connectivity index is 1.74. The lowest BCUT2D eigenvalue weighted by molar-refractivity contribution is 0.653. The summed E-state index contributed by atoms with van der Waals surface area (Å²) in [6.45, 7) is 8.68. The van der Waals surface area contributed by atoms with Gasteiger partial charge in [0.05, 0.1) is 5.69 Å². The quantitative estimate of drug-likeness (QED) is 0.307. The SMILES string of the molecule is Cc1cc(-c2nc(C3CC3)cc3c(C(C)C)cccc23)c2oc3nc(C)ccc3c2c1. The van der Waals surface area contributed by atoms with E-state index in [2.05, 4.69) is 74.3 Å². The molecule has 0 aliphatic heterocycles. The van der Waals surface area contributed by atoms with Crippen molar-refractivity contribution >= 4 is 32.8 Å². The standard InChI is InChI=1S/C28H26N2O/c1-15(2)19-6-5-7-20-22(19)14-25(18-9-10-18)30-26(20)24-13-16(3)12-23-21-11-8-17(4)29-28(21)31-27(23)24/h5-8,11-15,18H,9-10H2,1-4H3. The van der Waals surface area contributed by atoms with Crippen LogP contribution in [0.5, 0.6) is 0 Å². The summed E-state index contributed by atoms with van der Waals surface area (Å²) in [5.41, 5.74) is 8.46. The zero-order chi connectivity index (χ0) is 21.3. The zero-order valence-electron chi connectivity index (χ0n) is 18.5. The van der Waals surface area contributed by atoms with Crippen LogP contribution in [-0.4, -0.2) is 9.97 Å². The van der Waals surface area contributed by atoms with Crippen molar-refractivity contribution in [2.75, 3.05) is 0 Å². The number of pyridine rings is 2. The molecule has 3 heteroatoms. The maximum absolute atomic E-state index is 6.37. The van der Waals surface area contributed by atoms with E-state index in [-0.39, 0.29) is 0 Å². The number of hydrogen-bond donors (Lipinski definition) is 0. The smallest absolute Gasteiger partial charge is 0.227 e. The first-order valence-corrected chi connectivity index (χ1v) is 11.2. The molecule has 0 saturated heterocycles. The Hall–Kier alpha value is -3.20. The Morgan fingerprint density at radius 3 is 2.48 bits per heavy atom. The molecule has 154 valence electrons. The molecule has 1 aliphatic rings. The van der Waals surface area contributed by atoms with E-state index < -0.39 is 0 Å². The molecule has 0 unspecified atom stereocenters. The van der Waals surface area contributed by atoms with Crippen molar-refractivity contribution in [3.8, 4) is 11.3 Å². The van der Waals surface area contributed by atoms with Crippen LogP contribution in [0.2, 0.25) is 0 Å². The highest BCUT2D eigenvalue weighted by atomic mass is 16.3. The minimum absolute atomic E-state index is 0.460. The van der Waals surface area contributed by atoms with Gasteiger partial charge in [0.25, 0.3) is 0 Å². The second-order valence-corrected chi connectivity index (χ2v) is 9.36. The number of fused-ring (bicyclic) bond motifs is 4. The summed E-state index contributed by atoms with van der Waals surface area (Å²) in [6.07, 6.45) is 2.47. The molecule has 31 heavy (non-hydrogen) atoms. The second kappa shape index (κ2) is 6.65. The number of hydrogen-bond acceptors (Lipinski definition) is 3. The normalized spacial score (nSPS) is 14.4. The third-order valence-electron chi connectivity index (χ3n) is 6.52. The molecule has 0 radical (unpaired) electrons. The molecule has 0 bridgehead atoms. The van der Waals surface area contributed by atoms with Gasteiger partial charge in [-0.3, -0.25) is 4.98 Å². The number of nitrogens with zero attached hydrogens (tertiary/aromatic N) is 2. The molecule has 2 aromatic carbocycles. The molecule has 0 N–H and O–H groups in total. The van der Waals surface area contributed by atoms with Gasteiger partial charge in [0.2, 0.25) is 5.71 Å². The van der Waals surface area contributed by atoms with Crippen LogP contribution in [-0.2, 0) is 0 Å². The van der Waals surface area contributed by atoms with Gasteiger partial charge in [-0.05, 0) is 79.5 Å². The minimum Gasteiger partial charge on any atom is -0.437 e. The molecule has 6 rings (SSSR count). The maximum atomic E-state index is 6.37. The van der Waals surface area contributed by atoms with E-state index in [0.717, 1.165) is 33.3 Å². The van der Waals surface area contributed by atoms with Crippen molar-refractivity contribution < 1.29 is 4.42 Å². The van der Waals surface area contributed by atoms with E-state index in [1.807, 2.05) is 6.92 Å². The van der Waals surface area contributed by atoms with E-state index in [9.17, 15) is 0 Å². The highest BCUT2D eigenvalue weighted by molar-refractivity contribution is 6.11. The zero-order valence-corrected chi connectivity index (χ0v) is 18.5. The molecule has 0 atom stereocenters. The number of aromatic nitrogens is 2. The molecular weight excluding hydrogens is 380 g/mol. The average molecular weight is 407 g/mol. The average Bonchev–Trinajstić information content (AvgIpc) is 3.53. The third kappa shape index (κ3) is 2.95. The fourth-order valence-corrected chi connectivity index (χ4v) is 4.79. The molecule has 3 nitrogen and oxygen atoms in total. The monoisotopic (exact) mass is 406 g/mol. The number of rotatable bonds is 3. The van der Waals surface area contributed by atoms with Crippen LogP contribution in [0, 0.1) is 13.8 Å². The molecule has 3 aromatic heterocycles. The van der Waals surface area contributed by atoms with Gasteiger partial charge >= 0.3 is 0 Å². The van der Waals surface area contributed by atoms with E-state index in [4.69, 9.17) is 9.40 Å². The van der Waals surface area contributed by atoms with Gasteiger partial charge in [-0.2, -0.15) is 0 Å². The molecule has 0 spiro atoms. The second-order valence-electron chi connectivity index (χ2n) is 9.36. The van der Waals surface area contributed by atoms with Crippen molar-refractivity contribution in [3.05, 3.63) is 71.0 Å². The van der Waals surface area contributed by atoms with Crippen LogP contribution < -0.4 is 0 Å². The van der Waals surface area contributed by atoms with E-state index >= 15 is 0 Å². The van der Waals surface area contributed by atoms with Crippen molar-refractivity contribution in [3.63, 3.8) is 0 Å². The highest BCUT2D eigenvalue weighted by Gasteiger charge is 2.27. The van der Waals surface area contributed by atoms with E-state index in [0.29, 0.717) is 17.5 Å². The largest absolute Gasteiger partial charge is 0.437 e. The first kappa shape index (κ1) is 18.6. The number of benzene rings is 2. The fourth-order valence-electron chi connectivity index (χ4n) is 4.79. The summed E-state index contributed by atoms with van der Waals surface area (Å²) in [4.78, 5) is 9.88. The first-order chi connectivity index (χ1) is 15.0. The van der Waals surface area contributed by atoms with Crippen molar-refractivity contribution in [1.82, 2.24) is 9.97 Å². The highest BCUT2D eigenvalue weighted by Crippen LogP contribution is 2.44. The predicted molar refractivity (Wildman–Crippen MR) is 128 cm³/mol. The Bertz CT molecular complexity index is 1490. The third-order valence-corrected chi connectivity index (χ3v) is 6.52. The van der Waals surface area contributed by atoms with Gasteiger partial charge in [0, 0.05) is 39.0 Å². The lowest BCUT2D eigenvalue weighted by Gasteiger charge is -2.15. The molecule has 1 aliphatic carbocycles. The van der Waals surface area contributed by atoms with Crippen LogP contribution in [0.3, 0.4) is 0 Å². The van der Waals surface area contributed by atoms with E-state index in [1.54, 1.807) is 0 Å². The van der Waals surface area contributed by atoms with Gasteiger partial charge in [0.1, 0.15) is 5.58 Å². The molecule has 5 aromatic rings. The summed E-state index contributed by atoms with van der Waals surface area (Å²) in [6, 6.07) is 17.6. The topological polar surface area (TPSA) is 38.9 Å². The lowest BCUT2D eigenvalue weighted by atomic mass is 9.92. The Morgan fingerprint density at radius 2 is 1.71 bits per heavy atom. The van der Waals surface area contributed by atoms with Crippen molar-refractivity contribution in [2.45, 2.75) is 52.4 Å². The summed E-state index contributed by atoms with van der Waals surface area (Å²) in [5, 5.41) is 4.71. The van der Waals surface area contributed by atoms with Crippen molar-refractivity contribution in [1.29, 1.82) is 0 Å². The molecule has 0 amide bonds. The Kier molecular flexibility index (Phi) is 3.98. The minimum atomic E-state index is 0.460. The maximum Gasteiger partial charge on any atom is 0.227 e. The van der Waals surface area contributed by atoms with E-state index in [1.165, 1.54) is 40.4 Å². The molecule has 3 heterocycles. The number of aryl methyl sites for hydroxylation is 2. The molecular formula is C28H26N2O. The lowest BCUT2D eigenvalue weighted by Crippen LogP contribution is -1.97. The summed E-state index contributed by atoms with van der Waals surface area (Å²) < 4.78 is 6.37. The van der Waals surface area contributed by atoms with Gasteiger partial charge in [-0.15, -0.1) is 0 Å². The van der Waals surface area contributed by atoms with Crippen LogP contribution in [0.4, 0.5) is 0 Å². The Morgan fingerprint density at radius 1 is 0.871 bits per heavy atom. The Labute approximate surface area is 182 Å². The summed E-state index contributed by atoms with van der Waals surface area (Å²) in [5.74, 6) is 1.05. The summed E-state index contributed by atoms with van der Waals surface area (Å²) in [7, 11) is 0.